The van der Waals surface area contributed by atoms with Gasteiger partial charge in [0.2, 0.25) is 0 Å². The summed E-state index contributed by atoms with van der Waals surface area (Å²) in [6, 6.07) is 11.2. The van der Waals surface area contributed by atoms with Gasteiger partial charge in [-0.2, -0.15) is 0 Å². The minimum atomic E-state index is 0.637. The summed E-state index contributed by atoms with van der Waals surface area (Å²) >= 11 is 18.4. The van der Waals surface area contributed by atoms with Gasteiger partial charge in [-0.05, 0) is 36.2 Å². The molecule has 0 bridgehead atoms. The minimum Gasteiger partial charge on any atom is -0.0840 e. The maximum absolute atomic E-state index is 6.16. The molecule has 0 radical (unpaired) electrons. The third-order valence-electron chi connectivity index (χ3n) is 2.50. The molecule has 0 heterocycles. The first-order chi connectivity index (χ1) is 7.61. The number of benzene rings is 2. The predicted octanol–water partition coefficient (Wildman–Crippen LogP) is 5.62. The molecule has 2 aromatic carbocycles. The molecule has 0 nitrogen and oxygen atoms in total. The van der Waals surface area contributed by atoms with Crippen LogP contribution in [0, 0.1) is 6.92 Å². The lowest BCUT2D eigenvalue weighted by molar-refractivity contribution is 1.46. The van der Waals surface area contributed by atoms with E-state index in [9.17, 15) is 0 Å². The van der Waals surface area contributed by atoms with Crippen LogP contribution in [0.1, 0.15) is 5.56 Å². The number of hydrogen-bond donors (Lipinski definition) is 0. The molecule has 0 aliphatic rings. The van der Waals surface area contributed by atoms with Crippen LogP contribution in [0.25, 0.3) is 11.1 Å². The summed E-state index contributed by atoms with van der Waals surface area (Å²) in [7, 11) is 0. The summed E-state index contributed by atoms with van der Waals surface area (Å²) in [5.41, 5.74) is 2.80. The smallest absolute Gasteiger partial charge is 0.0499 e. The largest absolute Gasteiger partial charge is 0.0840 e. The summed E-state index contributed by atoms with van der Waals surface area (Å²) in [5.74, 6) is 0. The van der Waals surface area contributed by atoms with E-state index in [1.807, 2.05) is 43.3 Å². The minimum absolute atomic E-state index is 0.637. The molecule has 3 heteroatoms. The Morgan fingerprint density at radius 2 is 1.25 bits per heavy atom. The van der Waals surface area contributed by atoms with Crippen LogP contribution in [0.15, 0.2) is 36.4 Å². The van der Waals surface area contributed by atoms with E-state index in [1.165, 1.54) is 0 Å². The number of rotatable bonds is 1. The Morgan fingerprint density at radius 3 is 1.88 bits per heavy atom. The Kier molecular flexibility index (Phi) is 3.44. The van der Waals surface area contributed by atoms with Crippen molar-refractivity contribution >= 4 is 34.8 Å². The first kappa shape index (κ1) is 11.8. The van der Waals surface area contributed by atoms with Gasteiger partial charge in [0.25, 0.3) is 0 Å². The monoisotopic (exact) mass is 270 g/mol. The molecule has 2 aromatic rings. The fourth-order valence-corrected chi connectivity index (χ4v) is 2.41. The molecule has 0 atom stereocenters. The zero-order valence-corrected chi connectivity index (χ0v) is 10.9. The fraction of sp³-hybridized carbons (Fsp3) is 0.0769. The molecule has 16 heavy (non-hydrogen) atoms. The highest BCUT2D eigenvalue weighted by molar-refractivity contribution is 6.39. The van der Waals surface area contributed by atoms with Gasteiger partial charge in [-0.3, -0.25) is 0 Å². The normalized spacial score (nSPS) is 10.5. The van der Waals surface area contributed by atoms with Crippen molar-refractivity contribution in [3.63, 3.8) is 0 Å². The van der Waals surface area contributed by atoms with Crippen molar-refractivity contribution in [3.05, 3.63) is 57.0 Å². The lowest BCUT2D eigenvalue weighted by Crippen LogP contribution is -1.86. The van der Waals surface area contributed by atoms with Crippen molar-refractivity contribution in [1.29, 1.82) is 0 Å². The summed E-state index contributed by atoms with van der Waals surface area (Å²) in [5, 5.41) is 1.99. The quantitative estimate of drug-likeness (QED) is 0.631. The molecule has 0 N–H and O–H groups in total. The van der Waals surface area contributed by atoms with Crippen molar-refractivity contribution in [2.24, 2.45) is 0 Å². The van der Waals surface area contributed by atoms with E-state index in [2.05, 4.69) is 0 Å². The molecule has 0 spiro atoms. The van der Waals surface area contributed by atoms with Gasteiger partial charge < -0.3 is 0 Å². The zero-order valence-electron chi connectivity index (χ0n) is 8.60. The second-order valence-corrected chi connectivity index (χ2v) is 4.73. The maximum Gasteiger partial charge on any atom is 0.0499 e. The van der Waals surface area contributed by atoms with Gasteiger partial charge in [0.1, 0.15) is 0 Å². The molecule has 82 valence electrons. The summed E-state index contributed by atoms with van der Waals surface area (Å²) in [6.45, 7) is 1.96. The van der Waals surface area contributed by atoms with Crippen LogP contribution in [-0.4, -0.2) is 0 Å². The predicted molar refractivity (Wildman–Crippen MR) is 71.6 cm³/mol. The average molecular weight is 272 g/mol. The van der Waals surface area contributed by atoms with Crippen LogP contribution in [0.3, 0.4) is 0 Å². The Labute approximate surface area is 110 Å². The molecular formula is C13H9Cl3. The van der Waals surface area contributed by atoms with Gasteiger partial charge >= 0.3 is 0 Å². The lowest BCUT2D eigenvalue weighted by atomic mass is 10.0. The van der Waals surface area contributed by atoms with Crippen molar-refractivity contribution in [2.75, 3.05) is 0 Å². The lowest BCUT2D eigenvalue weighted by Gasteiger charge is -2.11. The van der Waals surface area contributed by atoms with Gasteiger partial charge in [0, 0.05) is 20.6 Å². The van der Waals surface area contributed by atoms with E-state index < -0.39 is 0 Å². The van der Waals surface area contributed by atoms with E-state index in [4.69, 9.17) is 34.8 Å². The first-order valence-electron chi connectivity index (χ1n) is 4.80. The zero-order chi connectivity index (χ0) is 11.7. The highest BCUT2D eigenvalue weighted by Gasteiger charge is 2.11. The Bertz CT molecular complexity index is 512. The van der Waals surface area contributed by atoms with Crippen molar-refractivity contribution < 1.29 is 0 Å². The third kappa shape index (κ3) is 2.06. The van der Waals surface area contributed by atoms with E-state index in [-0.39, 0.29) is 0 Å². The standard InChI is InChI=1S/C13H9Cl3/c1-8-9(4-2-5-10(8)14)13-11(15)6-3-7-12(13)16/h2-7H,1H3. The molecule has 2 rings (SSSR count). The summed E-state index contributed by atoms with van der Waals surface area (Å²) in [6.07, 6.45) is 0. The van der Waals surface area contributed by atoms with Crippen molar-refractivity contribution in [3.8, 4) is 11.1 Å². The second-order valence-electron chi connectivity index (χ2n) is 3.51. The second kappa shape index (κ2) is 4.67. The summed E-state index contributed by atoms with van der Waals surface area (Å²) in [4.78, 5) is 0. The maximum atomic E-state index is 6.16. The van der Waals surface area contributed by atoms with E-state index >= 15 is 0 Å². The Morgan fingerprint density at radius 1 is 0.750 bits per heavy atom. The third-order valence-corrected chi connectivity index (χ3v) is 3.54. The molecule has 0 aliphatic heterocycles. The first-order valence-corrected chi connectivity index (χ1v) is 5.94. The van der Waals surface area contributed by atoms with Crippen LogP contribution < -0.4 is 0 Å². The van der Waals surface area contributed by atoms with E-state index in [1.54, 1.807) is 0 Å². The van der Waals surface area contributed by atoms with Gasteiger partial charge in [0.15, 0.2) is 0 Å². The molecule has 0 unspecified atom stereocenters. The Hall–Kier alpha value is -0.690. The van der Waals surface area contributed by atoms with Crippen LogP contribution in [0.5, 0.6) is 0 Å². The van der Waals surface area contributed by atoms with Crippen molar-refractivity contribution in [2.45, 2.75) is 6.92 Å². The molecule has 0 saturated carbocycles. The molecular weight excluding hydrogens is 263 g/mol. The SMILES string of the molecule is Cc1c(Cl)cccc1-c1c(Cl)cccc1Cl. The highest BCUT2D eigenvalue weighted by atomic mass is 35.5. The Balaban J connectivity index is 2.73. The molecule has 0 aliphatic carbocycles. The van der Waals surface area contributed by atoms with E-state index in [0.29, 0.717) is 15.1 Å². The summed E-state index contributed by atoms with van der Waals surface area (Å²) < 4.78 is 0. The van der Waals surface area contributed by atoms with Crippen LogP contribution in [0.2, 0.25) is 15.1 Å². The van der Waals surface area contributed by atoms with Crippen LogP contribution >= 0.6 is 34.8 Å². The number of halogens is 3. The number of hydrogen-bond acceptors (Lipinski definition) is 0. The average Bonchev–Trinajstić information content (AvgIpc) is 2.24. The molecule has 0 fully saturated rings. The van der Waals surface area contributed by atoms with Gasteiger partial charge in [-0.25, -0.2) is 0 Å². The van der Waals surface area contributed by atoms with Gasteiger partial charge in [-0.1, -0.05) is 53.0 Å². The van der Waals surface area contributed by atoms with Crippen LogP contribution in [0.4, 0.5) is 0 Å². The van der Waals surface area contributed by atoms with Gasteiger partial charge in [-0.15, -0.1) is 0 Å². The van der Waals surface area contributed by atoms with Crippen molar-refractivity contribution in [1.82, 2.24) is 0 Å². The molecule has 0 saturated heterocycles. The highest BCUT2D eigenvalue weighted by Crippen LogP contribution is 2.37. The fourth-order valence-electron chi connectivity index (χ4n) is 1.63. The topological polar surface area (TPSA) is 0 Å². The van der Waals surface area contributed by atoms with Gasteiger partial charge in [0.05, 0.1) is 0 Å². The molecule has 0 aromatic heterocycles. The van der Waals surface area contributed by atoms with E-state index in [0.717, 1.165) is 16.7 Å². The van der Waals surface area contributed by atoms with Crippen LogP contribution in [-0.2, 0) is 0 Å². The molecule has 0 amide bonds.